The van der Waals surface area contributed by atoms with Gasteiger partial charge in [-0.15, -0.1) is 0 Å². The van der Waals surface area contributed by atoms with Crippen molar-refractivity contribution in [2.75, 3.05) is 17.7 Å². The van der Waals surface area contributed by atoms with Crippen LogP contribution in [0.25, 0.3) is 0 Å². The van der Waals surface area contributed by atoms with Gasteiger partial charge in [-0.2, -0.15) is 0 Å². The minimum atomic E-state index is -0.525. The standard InChI is InChI=1S/C14H11Cl2N3O3S/c1-22-9-3-5-12(13(7-9)19(20)21)18-14(23)17-11-4-2-8(15)6-10(11)16/h2-7H,1H3,(H2,17,18,23). The minimum absolute atomic E-state index is 0.155. The number of hydrogen-bond acceptors (Lipinski definition) is 4. The lowest BCUT2D eigenvalue weighted by atomic mass is 10.2. The smallest absolute Gasteiger partial charge is 0.296 e. The van der Waals surface area contributed by atoms with Gasteiger partial charge in [-0.1, -0.05) is 23.2 Å². The van der Waals surface area contributed by atoms with Crippen molar-refractivity contribution in [2.45, 2.75) is 0 Å². The molecule has 0 aliphatic carbocycles. The molecule has 0 fully saturated rings. The molecule has 0 atom stereocenters. The van der Waals surface area contributed by atoms with Gasteiger partial charge in [0.25, 0.3) is 5.69 Å². The molecule has 0 spiro atoms. The Morgan fingerprint density at radius 2 is 1.83 bits per heavy atom. The summed E-state index contributed by atoms with van der Waals surface area (Å²) in [5, 5.41) is 17.8. The highest BCUT2D eigenvalue weighted by molar-refractivity contribution is 7.80. The summed E-state index contributed by atoms with van der Waals surface area (Å²) in [6, 6.07) is 9.26. The van der Waals surface area contributed by atoms with Gasteiger partial charge in [0.1, 0.15) is 11.4 Å². The van der Waals surface area contributed by atoms with Crippen LogP contribution in [0.2, 0.25) is 10.0 Å². The van der Waals surface area contributed by atoms with Crippen molar-refractivity contribution in [3.05, 3.63) is 56.6 Å². The molecule has 0 aliphatic rings. The van der Waals surface area contributed by atoms with Gasteiger partial charge in [0.05, 0.1) is 28.8 Å². The average Bonchev–Trinajstić information content (AvgIpc) is 2.50. The van der Waals surface area contributed by atoms with E-state index in [1.54, 1.807) is 24.3 Å². The molecule has 0 radical (unpaired) electrons. The zero-order valence-electron chi connectivity index (χ0n) is 11.8. The van der Waals surface area contributed by atoms with E-state index in [-0.39, 0.29) is 16.5 Å². The number of thiocarbonyl (C=S) groups is 1. The number of nitro benzene ring substituents is 1. The van der Waals surface area contributed by atoms with Crippen molar-refractivity contribution in [1.29, 1.82) is 0 Å². The van der Waals surface area contributed by atoms with E-state index in [0.29, 0.717) is 21.5 Å². The van der Waals surface area contributed by atoms with Crippen LogP contribution in [-0.4, -0.2) is 17.1 Å². The van der Waals surface area contributed by atoms with Crippen LogP contribution in [0.1, 0.15) is 0 Å². The first-order valence-electron chi connectivity index (χ1n) is 6.26. The van der Waals surface area contributed by atoms with Crippen LogP contribution in [0.5, 0.6) is 5.75 Å². The largest absolute Gasteiger partial charge is 0.496 e. The van der Waals surface area contributed by atoms with Gasteiger partial charge in [-0.25, -0.2) is 0 Å². The molecule has 0 saturated heterocycles. The Labute approximate surface area is 147 Å². The normalized spacial score (nSPS) is 10.0. The summed E-state index contributed by atoms with van der Waals surface area (Å²) >= 11 is 17.0. The van der Waals surface area contributed by atoms with Gasteiger partial charge in [0.2, 0.25) is 0 Å². The van der Waals surface area contributed by atoms with E-state index in [1.807, 2.05) is 0 Å². The molecule has 0 unspecified atom stereocenters. The molecular formula is C14H11Cl2N3O3S. The van der Waals surface area contributed by atoms with Crippen LogP contribution in [0, 0.1) is 10.1 Å². The van der Waals surface area contributed by atoms with Crippen molar-refractivity contribution in [1.82, 2.24) is 0 Å². The number of nitrogens with one attached hydrogen (secondary N) is 2. The summed E-state index contributed by atoms with van der Waals surface area (Å²) in [5.74, 6) is 0.377. The average molecular weight is 372 g/mol. The Balaban J connectivity index is 2.18. The molecule has 0 heterocycles. The molecule has 2 N–H and O–H groups in total. The molecule has 120 valence electrons. The van der Waals surface area contributed by atoms with Crippen LogP contribution in [-0.2, 0) is 0 Å². The van der Waals surface area contributed by atoms with Crippen LogP contribution < -0.4 is 15.4 Å². The first-order chi connectivity index (χ1) is 10.9. The highest BCUT2D eigenvalue weighted by Gasteiger charge is 2.16. The highest BCUT2D eigenvalue weighted by Crippen LogP contribution is 2.30. The van der Waals surface area contributed by atoms with Crippen LogP contribution in [0.4, 0.5) is 17.1 Å². The number of nitro groups is 1. The molecule has 6 nitrogen and oxygen atoms in total. The van der Waals surface area contributed by atoms with Crippen LogP contribution in [0.15, 0.2) is 36.4 Å². The van der Waals surface area contributed by atoms with E-state index in [0.717, 1.165) is 0 Å². The van der Waals surface area contributed by atoms with Crippen molar-refractivity contribution in [2.24, 2.45) is 0 Å². The molecule has 23 heavy (non-hydrogen) atoms. The number of benzene rings is 2. The van der Waals surface area contributed by atoms with E-state index in [9.17, 15) is 10.1 Å². The highest BCUT2D eigenvalue weighted by atomic mass is 35.5. The summed E-state index contributed by atoms with van der Waals surface area (Å²) in [6.45, 7) is 0. The van der Waals surface area contributed by atoms with Crippen molar-refractivity contribution in [3.63, 3.8) is 0 Å². The Hall–Kier alpha value is -2.09. The summed E-state index contributed by atoms with van der Waals surface area (Å²) < 4.78 is 4.98. The molecule has 2 aromatic rings. The van der Waals surface area contributed by atoms with Crippen LogP contribution >= 0.6 is 35.4 Å². The number of methoxy groups -OCH3 is 1. The van der Waals surface area contributed by atoms with Gasteiger partial charge in [-0.3, -0.25) is 10.1 Å². The zero-order chi connectivity index (χ0) is 17.0. The maximum Gasteiger partial charge on any atom is 0.296 e. The van der Waals surface area contributed by atoms with E-state index in [4.69, 9.17) is 40.2 Å². The maximum atomic E-state index is 11.1. The van der Waals surface area contributed by atoms with E-state index < -0.39 is 4.92 Å². The predicted octanol–water partition coefficient (Wildman–Crippen LogP) is 4.72. The number of rotatable bonds is 4. The fourth-order valence-corrected chi connectivity index (χ4v) is 2.44. The topological polar surface area (TPSA) is 76.4 Å². The van der Waals surface area contributed by atoms with Gasteiger partial charge in [0.15, 0.2) is 5.11 Å². The summed E-state index contributed by atoms with van der Waals surface area (Å²) in [6.07, 6.45) is 0. The lowest BCUT2D eigenvalue weighted by Crippen LogP contribution is -2.20. The molecule has 2 aromatic carbocycles. The third-order valence-corrected chi connectivity index (χ3v) is 3.58. The number of anilines is 2. The first-order valence-corrected chi connectivity index (χ1v) is 7.42. The van der Waals surface area contributed by atoms with Crippen molar-refractivity contribution in [3.8, 4) is 5.75 Å². The number of halogens is 2. The fraction of sp³-hybridized carbons (Fsp3) is 0.0714. The molecule has 0 bridgehead atoms. The quantitative estimate of drug-likeness (QED) is 0.460. The molecule has 0 amide bonds. The SMILES string of the molecule is COc1ccc(NC(=S)Nc2ccc(Cl)cc2Cl)c([N+](=O)[O-])c1. The van der Waals surface area contributed by atoms with Crippen molar-refractivity contribution < 1.29 is 9.66 Å². The Morgan fingerprint density at radius 1 is 1.17 bits per heavy atom. The number of nitrogens with zero attached hydrogens (tertiary/aromatic N) is 1. The molecule has 2 rings (SSSR count). The monoisotopic (exact) mass is 371 g/mol. The lowest BCUT2D eigenvalue weighted by Gasteiger charge is -2.12. The second kappa shape index (κ2) is 7.45. The number of hydrogen-bond donors (Lipinski definition) is 2. The number of ether oxygens (including phenoxy) is 1. The van der Waals surface area contributed by atoms with E-state index >= 15 is 0 Å². The third kappa shape index (κ3) is 4.44. The Kier molecular flexibility index (Phi) is 5.59. The van der Waals surface area contributed by atoms with Crippen molar-refractivity contribution >= 4 is 57.6 Å². The van der Waals surface area contributed by atoms with E-state index in [2.05, 4.69) is 10.6 Å². The molecule has 0 saturated carbocycles. The predicted molar refractivity (Wildman–Crippen MR) is 96.0 cm³/mol. The molecule has 0 aliphatic heterocycles. The maximum absolute atomic E-state index is 11.1. The molecule has 0 aromatic heterocycles. The molecule has 9 heteroatoms. The molecular weight excluding hydrogens is 361 g/mol. The van der Waals surface area contributed by atoms with E-state index in [1.165, 1.54) is 19.2 Å². The van der Waals surface area contributed by atoms with Gasteiger partial charge >= 0.3 is 0 Å². The van der Waals surface area contributed by atoms with Gasteiger partial charge in [0, 0.05) is 5.02 Å². The second-order valence-electron chi connectivity index (χ2n) is 4.34. The summed E-state index contributed by atoms with van der Waals surface area (Å²) in [5.41, 5.74) is 0.610. The zero-order valence-corrected chi connectivity index (χ0v) is 14.1. The minimum Gasteiger partial charge on any atom is -0.496 e. The summed E-state index contributed by atoms with van der Waals surface area (Å²) in [7, 11) is 1.43. The van der Waals surface area contributed by atoms with Gasteiger partial charge in [-0.05, 0) is 42.5 Å². The first kappa shape index (κ1) is 17.3. The van der Waals surface area contributed by atoms with Gasteiger partial charge < -0.3 is 15.4 Å². The Bertz CT molecular complexity index is 771. The summed E-state index contributed by atoms with van der Waals surface area (Å²) in [4.78, 5) is 10.6. The second-order valence-corrected chi connectivity index (χ2v) is 5.60. The van der Waals surface area contributed by atoms with Crippen LogP contribution in [0.3, 0.4) is 0 Å². The lowest BCUT2D eigenvalue weighted by molar-refractivity contribution is -0.384. The fourth-order valence-electron chi connectivity index (χ4n) is 1.76. The Morgan fingerprint density at radius 3 is 2.43 bits per heavy atom. The third-order valence-electron chi connectivity index (χ3n) is 2.83.